The van der Waals surface area contributed by atoms with Gasteiger partial charge < -0.3 is 15.1 Å². The summed E-state index contributed by atoms with van der Waals surface area (Å²) >= 11 is 0. The van der Waals surface area contributed by atoms with Crippen LogP contribution in [0.5, 0.6) is 0 Å². The van der Waals surface area contributed by atoms with E-state index in [-0.39, 0.29) is 11.9 Å². The number of rotatable bonds is 4. The molecule has 0 bridgehead atoms. The lowest BCUT2D eigenvalue weighted by atomic mass is 10.1. The van der Waals surface area contributed by atoms with Crippen molar-refractivity contribution in [2.24, 2.45) is 5.73 Å². The van der Waals surface area contributed by atoms with Crippen LogP contribution in [0.1, 0.15) is 5.76 Å². The van der Waals surface area contributed by atoms with Crippen LogP contribution in [-0.2, 0) is 11.3 Å². The Morgan fingerprint density at radius 1 is 1.69 bits per heavy atom. The SMILES string of the molecule is CN(Cc1ccco1)C(=O)CN1CC(N)C1. The van der Waals surface area contributed by atoms with Gasteiger partial charge in [-0.3, -0.25) is 9.69 Å². The minimum atomic E-state index is 0.100. The normalized spacial score (nSPS) is 17.1. The van der Waals surface area contributed by atoms with Crippen molar-refractivity contribution in [3.05, 3.63) is 24.2 Å². The Labute approximate surface area is 94.8 Å². The third kappa shape index (κ3) is 2.62. The minimum Gasteiger partial charge on any atom is -0.467 e. The van der Waals surface area contributed by atoms with E-state index in [1.54, 1.807) is 18.2 Å². The van der Waals surface area contributed by atoms with E-state index < -0.39 is 0 Å². The third-order valence-electron chi connectivity index (χ3n) is 2.74. The van der Waals surface area contributed by atoms with Crippen molar-refractivity contribution in [3.63, 3.8) is 0 Å². The number of nitrogens with zero attached hydrogens (tertiary/aromatic N) is 2. The van der Waals surface area contributed by atoms with Gasteiger partial charge in [0.1, 0.15) is 5.76 Å². The van der Waals surface area contributed by atoms with E-state index in [1.165, 1.54) is 0 Å². The second-order valence-electron chi connectivity index (χ2n) is 4.28. The molecule has 0 spiro atoms. The molecule has 2 rings (SSSR count). The van der Waals surface area contributed by atoms with Gasteiger partial charge in [0.2, 0.25) is 5.91 Å². The quantitative estimate of drug-likeness (QED) is 0.773. The van der Waals surface area contributed by atoms with E-state index in [2.05, 4.69) is 0 Å². The average Bonchev–Trinajstić information content (AvgIpc) is 2.68. The van der Waals surface area contributed by atoms with Crippen LogP contribution in [0.25, 0.3) is 0 Å². The molecule has 0 unspecified atom stereocenters. The van der Waals surface area contributed by atoms with E-state index >= 15 is 0 Å². The summed E-state index contributed by atoms with van der Waals surface area (Å²) in [6.45, 7) is 2.61. The van der Waals surface area contributed by atoms with Crippen LogP contribution in [0.15, 0.2) is 22.8 Å². The molecular formula is C11H17N3O2. The maximum absolute atomic E-state index is 11.8. The Kier molecular flexibility index (Phi) is 3.26. The first kappa shape index (κ1) is 11.2. The summed E-state index contributed by atoms with van der Waals surface area (Å²) in [5.41, 5.74) is 5.65. The van der Waals surface area contributed by atoms with Gasteiger partial charge in [0.15, 0.2) is 0 Å². The number of hydrogen-bond acceptors (Lipinski definition) is 4. The third-order valence-corrected chi connectivity index (χ3v) is 2.74. The summed E-state index contributed by atoms with van der Waals surface area (Å²) in [6, 6.07) is 3.92. The fraction of sp³-hybridized carbons (Fsp3) is 0.545. The van der Waals surface area contributed by atoms with Gasteiger partial charge in [0.25, 0.3) is 0 Å². The lowest BCUT2D eigenvalue weighted by molar-refractivity contribution is -0.132. The highest BCUT2D eigenvalue weighted by Crippen LogP contribution is 2.07. The zero-order chi connectivity index (χ0) is 11.5. The van der Waals surface area contributed by atoms with Crippen molar-refractivity contribution in [1.29, 1.82) is 0 Å². The first-order chi connectivity index (χ1) is 7.65. The molecule has 5 heteroatoms. The molecule has 1 aromatic heterocycles. The Morgan fingerprint density at radius 3 is 3.00 bits per heavy atom. The molecule has 1 saturated heterocycles. The molecular weight excluding hydrogens is 206 g/mol. The lowest BCUT2D eigenvalue weighted by Gasteiger charge is -2.36. The maximum atomic E-state index is 11.8. The monoisotopic (exact) mass is 223 g/mol. The molecule has 1 aliphatic heterocycles. The van der Waals surface area contributed by atoms with Gasteiger partial charge in [-0.2, -0.15) is 0 Å². The van der Waals surface area contributed by atoms with Crippen LogP contribution in [-0.4, -0.2) is 48.4 Å². The first-order valence-electron chi connectivity index (χ1n) is 5.39. The van der Waals surface area contributed by atoms with Crippen LogP contribution in [0.3, 0.4) is 0 Å². The molecule has 5 nitrogen and oxygen atoms in total. The van der Waals surface area contributed by atoms with Gasteiger partial charge in [-0.1, -0.05) is 0 Å². The number of likely N-dealkylation sites (N-methyl/N-ethyl adjacent to an activating group) is 1. The van der Waals surface area contributed by atoms with Gasteiger partial charge in [-0.05, 0) is 12.1 Å². The molecule has 0 aliphatic carbocycles. The fourth-order valence-corrected chi connectivity index (χ4v) is 1.78. The van der Waals surface area contributed by atoms with Crippen molar-refractivity contribution >= 4 is 5.91 Å². The van der Waals surface area contributed by atoms with Crippen LogP contribution < -0.4 is 5.73 Å². The van der Waals surface area contributed by atoms with Gasteiger partial charge in [-0.25, -0.2) is 0 Å². The molecule has 1 fully saturated rings. The zero-order valence-electron chi connectivity index (χ0n) is 9.43. The van der Waals surface area contributed by atoms with Crippen molar-refractivity contribution in [1.82, 2.24) is 9.80 Å². The number of likely N-dealkylation sites (tertiary alicyclic amines) is 1. The second-order valence-corrected chi connectivity index (χ2v) is 4.28. The highest BCUT2D eigenvalue weighted by Gasteiger charge is 2.25. The van der Waals surface area contributed by atoms with Crippen molar-refractivity contribution < 1.29 is 9.21 Å². The van der Waals surface area contributed by atoms with Gasteiger partial charge in [0, 0.05) is 26.2 Å². The number of nitrogens with two attached hydrogens (primary N) is 1. The predicted molar refractivity (Wildman–Crippen MR) is 59.6 cm³/mol. The smallest absolute Gasteiger partial charge is 0.236 e. The fourth-order valence-electron chi connectivity index (χ4n) is 1.78. The average molecular weight is 223 g/mol. The summed E-state index contributed by atoms with van der Waals surface area (Å²) < 4.78 is 5.19. The Morgan fingerprint density at radius 2 is 2.44 bits per heavy atom. The molecule has 1 aromatic rings. The minimum absolute atomic E-state index is 0.100. The summed E-state index contributed by atoms with van der Waals surface area (Å²) in [5.74, 6) is 0.902. The highest BCUT2D eigenvalue weighted by atomic mass is 16.3. The second kappa shape index (κ2) is 4.67. The lowest BCUT2D eigenvalue weighted by Crippen LogP contribution is -2.57. The Bertz CT molecular complexity index is 344. The number of carbonyl (C=O) groups excluding carboxylic acids is 1. The van der Waals surface area contributed by atoms with Crippen LogP contribution >= 0.6 is 0 Å². The Balaban J connectivity index is 1.76. The molecule has 0 radical (unpaired) electrons. The summed E-state index contributed by atoms with van der Waals surface area (Å²) in [5, 5.41) is 0. The molecule has 16 heavy (non-hydrogen) atoms. The predicted octanol–water partition coefficient (Wildman–Crippen LogP) is -0.119. The van der Waals surface area contributed by atoms with Crippen LogP contribution in [0, 0.1) is 0 Å². The summed E-state index contributed by atoms with van der Waals surface area (Å²) in [7, 11) is 1.78. The zero-order valence-corrected chi connectivity index (χ0v) is 9.43. The number of hydrogen-bond donors (Lipinski definition) is 1. The van der Waals surface area contributed by atoms with E-state index in [9.17, 15) is 4.79 Å². The van der Waals surface area contributed by atoms with Gasteiger partial charge in [0.05, 0.1) is 19.4 Å². The molecule has 0 aromatic carbocycles. The molecule has 0 saturated carbocycles. The van der Waals surface area contributed by atoms with E-state index in [0.29, 0.717) is 13.1 Å². The van der Waals surface area contributed by atoms with Crippen molar-refractivity contribution in [2.45, 2.75) is 12.6 Å². The van der Waals surface area contributed by atoms with Crippen LogP contribution in [0.4, 0.5) is 0 Å². The van der Waals surface area contributed by atoms with Crippen molar-refractivity contribution in [2.75, 3.05) is 26.7 Å². The maximum Gasteiger partial charge on any atom is 0.236 e. The summed E-state index contributed by atoms with van der Waals surface area (Å²) in [4.78, 5) is 15.5. The number of carbonyl (C=O) groups is 1. The van der Waals surface area contributed by atoms with Crippen molar-refractivity contribution in [3.8, 4) is 0 Å². The van der Waals surface area contributed by atoms with Gasteiger partial charge >= 0.3 is 0 Å². The van der Waals surface area contributed by atoms with Gasteiger partial charge in [-0.15, -0.1) is 0 Å². The molecule has 88 valence electrons. The summed E-state index contributed by atoms with van der Waals surface area (Å²) in [6.07, 6.45) is 1.61. The molecule has 1 amide bonds. The van der Waals surface area contributed by atoms with E-state index in [0.717, 1.165) is 18.8 Å². The number of amides is 1. The molecule has 2 heterocycles. The van der Waals surface area contributed by atoms with E-state index in [1.807, 2.05) is 17.0 Å². The first-order valence-corrected chi connectivity index (χ1v) is 5.39. The van der Waals surface area contributed by atoms with Crippen LogP contribution in [0.2, 0.25) is 0 Å². The molecule has 0 atom stereocenters. The number of furan rings is 1. The van der Waals surface area contributed by atoms with E-state index in [4.69, 9.17) is 10.2 Å². The topological polar surface area (TPSA) is 62.7 Å². The highest BCUT2D eigenvalue weighted by molar-refractivity contribution is 5.78. The Hall–Kier alpha value is -1.33. The molecule has 2 N–H and O–H groups in total. The standard InChI is InChI=1S/C11H17N3O2/c1-13(7-10-3-2-4-16-10)11(15)8-14-5-9(12)6-14/h2-4,9H,5-8,12H2,1H3. The largest absolute Gasteiger partial charge is 0.467 e. The molecule has 1 aliphatic rings.